The van der Waals surface area contributed by atoms with E-state index in [0.717, 1.165) is 28.6 Å². The molecule has 3 aromatic rings. The first-order valence-electron chi connectivity index (χ1n) is 9.37. The molecule has 28 heavy (non-hydrogen) atoms. The van der Waals surface area contributed by atoms with Crippen molar-refractivity contribution < 1.29 is 13.9 Å². The summed E-state index contributed by atoms with van der Waals surface area (Å²) in [7, 11) is 0. The number of anilines is 1. The largest absolute Gasteiger partial charge is 0.484 e. The van der Waals surface area contributed by atoms with Gasteiger partial charge < -0.3 is 14.5 Å². The Morgan fingerprint density at radius 1 is 1.11 bits per heavy atom. The van der Waals surface area contributed by atoms with Crippen molar-refractivity contribution in [2.45, 2.75) is 39.5 Å². The summed E-state index contributed by atoms with van der Waals surface area (Å²) in [6.07, 6.45) is 0.734. The first-order chi connectivity index (χ1) is 13.3. The van der Waals surface area contributed by atoms with Crippen LogP contribution in [0, 0.1) is 0 Å². The van der Waals surface area contributed by atoms with E-state index in [-0.39, 0.29) is 17.9 Å². The predicted molar refractivity (Wildman–Crippen MR) is 111 cm³/mol. The molecule has 1 amide bonds. The molecule has 0 atom stereocenters. The number of aryl methyl sites for hydroxylation is 1. The summed E-state index contributed by atoms with van der Waals surface area (Å²) in [5, 5.41) is 3.79. The summed E-state index contributed by atoms with van der Waals surface area (Å²) in [4.78, 5) is 24.1. The van der Waals surface area contributed by atoms with Gasteiger partial charge in [-0.25, -0.2) is 4.79 Å². The molecular formula is C23H25NO4. The lowest BCUT2D eigenvalue weighted by Gasteiger charge is -2.23. The molecular weight excluding hydrogens is 354 g/mol. The molecule has 0 bridgehead atoms. The topological polar surface area (TPSA) is 68.5 Å². The number of para-hydroxylation sites is 1. The fourth-order valence-electron chi connectivity index (χ4n) is 3.17. The molecule has 0 spiro atoms. The number of ether oxygens (including phenoxy) is 1. The standard InChI is InChI=1S/C23H25NO4/c1-5-15-12-22(26)28-20-13-16(10-11-17(15)20)27-14-21(25)24-19-9-7-6-8-18(19)23(2,3)4/h6-13H,5,14H2,1-4H3,(H,24,25). The predicted octanol–water partition coefficient (Wildman–Crippen LogP) is 4.67. The van der Waals surface area contributed by atoms with Crippen molar-refractivity contribution in [3.05, 3.63) is 70.1 Å². The number of hydrogen-bond donors (Lipinski definition) is 1. The van der Waals surface area contributed by atoms with Crippen LogP contribution in [0.4, 0.5) is 5.69 Å². The molecule has 146 valence electrons. The lowest BCUT2D eigenvalue weighted by atomic mass is 9.86. The third-order valence-electron chi connectivity index (χ3n) is 4.56. The monoisotopic (exact) mass is 379 g/mol. The fourth-order valence-corrected chi connectivity index (χ4v) is 3.17. The van der Waals surface area contributed by atoms with Gasteiger partial charge in [-0.15, -0.1) is 0 Å². The number of amides is 1. The average Bonchev–Trinajstić information content (AvgIpc) is 2.65. The van der Waals surface area contributed by atoms with Gasteiger partial charge >= 0.3 is 5.63 Å². The van der Waals surface area contributed by atoms with Crippen molar-refractivity contribution in [2.24, 2.45) is 0 Å². The van der Waals surface area contributed by atoms with Gasteiger partial charge in [0.15, 0.2) is 6.61 Å². The Bertz CT molecular complexity index is 1060. The Hall–Kier alpha value is -3.08. The molecule has 0 unspecified atom stereocenters. The second kappa shape index (κ2) is 7.89. The normalized spacial score (nSPS) is 11.4. The van der Waals surface area contributed by atoms with Gasteiger partial charge in [0.25, 0.3) is 5.91 Å². The van der Waals surface area contributed by atoms with E-state index in [9.17, 15) is 9.59 Å². The van der Waals surface area contributed by atoms with Gasteiger partial charge in [0.05, 0.1) is 0 Å². The highest BCUT2D eigenvalue weighted by Gasteiger charge is 2.18. The zero-order valence-corrected chi connectivity index (χ0v) is 16.7. The van der Waals surface area contributed by atoms with E-state index in [1.165, 1.54) is 6.07 Å². The second-order valence-electron chi connectivity index (χ2n) is 7.73. The van der Waals surface area contributed by atoms with Crippen LogP contribution < -0.4 is 15.7 Å². The quantitative estimate of drug-likeness (QED) is 0.654. The van der Waals surface area contributed by atoms with Gasteiger partial charge in [0.2, 0.25) is 0 Å². The molecule has 3 rings (SSSR count). The zero-order chi connectivity index (χ0) is 20.3. The van der Waals surface area contributed by atoms with Crippen LogP contribution in [-0.2, 0) is 16.6 Å². The van der Waals surface area contributed by atoms with E-state index < -0.39 is 5.63 Å². The van der Waals surface area contributed by atoms with E-state index in [1.807, 2.05) is 37.3 Å². The molecule has 0 aliphatic carbocycles. The van der Waals surface area contributed by atoms with Crippen LogP contribution in [0.15, 0.2) is 57.7 Å². The molecule has 0 aliphatic rings. The highest BCUT2D eigenvalue weighted by Crippen LogP contribution is 2.29. The van der Waals surface area contributed by atoms with Crippen molar-refractivity contribution in [1.29, 1.82) is 0 Å². The van der Waals surface area contributed by atoms with Crippen molar-refractivity contribution in [3.8, 4) is 5.75 Å². The minimum Gasteiger partial charge on any atom is -0.484 e. The van der Waals surface area contributed by atoms with Gasteiger partial charge in [-0.05, 0) is 41.2 Å². The molecule has 0 aliphatic heterocycles. The molecule has 5 heteroatoms. The smallest absolute Gasteiger partial charge is 0.336 e. The maximum Gasteiger partial charge on any atom is 0.336 e. The lowest BCUT2D eigenvalue weighted by Crippen LogP contribution is -2.23. The fraction of sp³-hybridized carbons (Fsp3) is 0.304. The van der Waals surface area contributed by atoms with Crippen molar-refractivity contribution >= 4 is 22.6 Å². The van der Waals surface area contributed by atoms with E-state index in [1.54, 1.807) is 12.1 Å². The Kier molecular flexibility index (Phi) is 5.54. The van der Waals surface area contributed by atoms with E-state index in [4.69, 9.17) is 9.15 Å². The maximum absolute atomic E-state index is 12.4. The minimum absolute atomic E-state index is 0.0857. The number of rotatable bonds is 5. The highest BCUT2D eigenvalue weighted by atomic mass is 16.5. The molecule has 1 N–H and O–H groups in total. The lowest BCUT2D eigenvalue weighted by molar-refractivity contribution is -0.118. The van der Waals surface area contributed by atoms with Crippen LogP contribution in [0.2, 0.25) is 0 Å². The van der Waals surface area contributed by atoms with Crippen molar-refractivity contribution in [3.63, 3.8) is 0 Å². The van der Waals surface area contributed by atoms with Crippen LogP contribution in [-0.4, -0.2) is 12.5 Å². The average molecular weight is 379 g/mol. The van der Waals surface area contributed by atoms with E-state index >= 15 is 0 Å². The van der Waals surface area contributed by atoms with E-state index in [0.29, 0.717) is 11.3 Å². The summed E-state index contributed by atoms with van der Waals surface area (Å²) < 4.78 is 10.9. The van der Waals surface area contributed by atoms with E-state index in [2.05, 4.69) is 26.1 Å². The number of fused-ring (bicyclic) bond motifs is 1. The van der Waals surface area contributed by atoms with Gasteiger partial charge in [-0.1, -0.05) is 45.9 Å². The Morgan fingerprint density at radius 2 is 1.86 bits per heavy atom. The number of benzene rings is 2. The van der Waals surface area contributed by atoms with Crippen LogP contribution in [0.3, 0.4) is 0 Å². The second-order valence-corrected chi connectivity index (χ2v) is 7.73. The van der Waals surface area contributed by atoms with Crippen LogP contribution in [0.1, 0.15) is 38.8 Å². The SMILES string of the molecule is CCc1cc(=O)oc2cc(OCC(=O)Nc3ccccc3C(C)(C)C)ccc12. The summed E-state index contributed by atoms with van der Waals surface area (Å²) in [5.74, 6) is 0.226. The molecule has 0 saturated heterocycles. The molecule has 0 saturated carbocycles. The summed E-state index contributed by atoms with van der Waals surface area (Å²) >= 11 is 0. The summed E-state index contributed by atoms with van der Waals surface area (Å²) in [6.45, 7) is 8.14. The van der Waals surface area contributed by atoms with Crippen LogP contribution in [0.25, 0.3) is 11.0 Å². The maximum atomic E-state index is 12.4. The third-order valence-corrected chi connectivity index (χ3v) is 4.56. The van der Waals surface area contributed by atoms with Crippen LogP contribution >= 0.6 is 0 Å². The van der Waals surface area contributed by atoms with Crippen molar-refractivity contribution in [1.82, 2.24) is 0 Å². The number of nitrogens with one attached hydrogen (secondary N) is 1. The first-order valence-corrected chi connectivity index (χ1v) is 9.37. The Balaban J connectivity index is 1.73. The highest BCUT2D eigenvalue weighted by molar-refractivity contribution is 5.93. The van der Waals surface area contributed by atoms with Gasteiger partial charge in [0, 0.05) is 23.2 Å². The molecule has 2 aromatic carbocycles. The number of carbonyl (C=O) groups is 1. The molecule has 1 aromatic heterocycles. The van der Waals surface area contributed by atoms with Gasteiger partial charge in [-0.2, -0.15) is 0 Å². The van der Waals surface area contributed by atoms with Crippen molar-refractivity contribution in [2.75, 3.05) is 11.9 Å². The number of hydrogen-bond acceptors (Lipinski definition) is 4. The van der Waals surface area contributed by atoms with Crippen LogP contribution in [0.5, 0.6) is 5.75 Å². The number of carbonyl (C=O) groups excluding carboxylic acids is 1. The molecule has 0 fully saturated rings. The Morgan fingerprint density at radius 3 is 2.57 bits per heavy atom. The summed E-state index contributed by atoms with van der Waals surface area (Å²) in [6, 6.07) is 14.5. The molecule has 5 nitrogen and oxygen atoms in total. The Labute approximate surface area is 164 Å². The minimum atomic E-state index is -0.391. The summed E-state index contributed by atoms with van der Waals surface area (Å²) in [5.41, 5.74) is 2.74. The first kappa shape index (κ1) is 19.7. The molecule has 0 radical (unpaired) electrons. The zero-order valence-electron chi connectivity index (χ0n) is 16.7. The molecule has 1 heterocycles. The third kappa shape index (κ3) is 4.42. The van der Waals surface area contributed by atoms with Gasteiger partial charge in [-0.3, -0.25) is 4.79 Å². The van der Waals surface area contributed by atoms with Gasteiger partial charge in [0.1, 0.15) is 11.3 Å².